The van der Waals surface area contributed by atoms with Crippen molar-refractivity contribution < 1.29 is 14.3 Å². The van der Waals surface area contributed by atoms with Gasteiger partial charge < -0.3 is 10.1 Å². The molecule has 5 nitrogen and oxygen atoms in total. The SMILES string of the molecule is COc1cccc(N2C(=O)C(Nc3cccc(Cl)c3C)=C(c3ccc(C)cc3)C2=O)c1. The van der Waals surface area contributed by atoms with Gasteiger partial charge in [-0.1, -0.05) is 53.6 Å². The molecular weight excluding hydrogens is 412 g/mol. The highest BCUT2D eigenvalue weighted by molar-refractivity contribution is 6.46. The number of nitrogens with zero attached hydrogens (tertiary/aromatic N) is 1. The number of imide groups is 1. The Hall–Kier alpha value is -3.57. The number of methoxy groups -OCH3 is 1. The number of benzene rings is 3. The standard InChI is InChI=1S/C25H21ClN2O3/c1-15-10-12-17(13-11-15)22-23(27-21-9-5-8-20(26)16(21)2)25(30)28(24(22)29)18-6-4-7-19(14-18)31-3/h4-14,27H,1-3H3. The third-order valence-electron chi connectivity index (χ3n) is 5.26. The number of hydrogen-bond acceptors (Lipinski definition) is 4. The van der Waals surface area contributed by atoms with E-state index in [0.29, 0.717) is 33.3 Å². The molecule has 31 heavy (non-hydrogen) atoms. The Morgan fingerprint density at radius 3 is 2.32 bits per heavy atom. The maximum atomic E-state index is 13.5. The minimum Gasteiger partial charge on any atom is -0.497 e. The van der Waals surface area contributed by atoms with Gasteiger partial charge in [-0.15, -0.1) is 0 Å². The lowest BCUT2D eigenvalue weighted by Crippen LogP contribution is -2.32. The summed E-state index contributed by atoms with van der Waals surface area (Å²) in [7, 11) is 1.54. The molecule has 1 aliphatic rings. The summed E-state index contributed by atoms with van der Waals surface area (Å²) in [4.78, 5) is 28.1. The van der Waals surface area contributed by atoms with Gasteiger partial charge in [-0.05, 0) is 49.2 Å². The smallest absolute Gasteiger partial charge is 0.282 e. The van der Waals surface area contributed by atoms with Crippen LogP contribution in [0.5, 0.6) is 5.75 Å². The zero-order valence-corrected chi connectivity index (χ0v) is 18.2. The summed E-state index contributed by atoms with van der Waals surface area (Å²) in [5, 5.41) is 3.75. The van der Waals surface area contributed by atoms with E-state index in [1.165, 1.54) is 12.0 Å². The van der Waals surface area contributed by atoms with E-state index < -0.39 is 11.8 Å². The zero-order valence-electron chi connectivity index (χ0n) is 17.4. The molecule has 0 unspecified atom stereocenters. The summed E-state index contributed by atoms with van der Waals surface area (Å²) in [6.45, 7) is 3.83. The highest BCUT2D eigenvalue weighted by Gasteiger charge is 2.40. The van der Waals surface area contributed by atoms with Crippen LogP contribution in [0.4, 0.5) is 11.4 Å². The molecule has 0 bridgehead atoms. The second kappa shape index (κ2) is 8.28. The molecule has 2 amide bonds. The monoisotopic (exact) mass is 432 g/mol. The molecule has 0 fully saturated rings. The van der Waals surface area contributed by atoms with Gasteiger partial charge in [0.2, 0.25) is 0 Å². The van der Waals surface area contributed by atoms with Gasteiger partial charge >= 0.3 is 0 Å². The predicted octanol–water partition coefficient (Wildman–Crippen LogP) is 5.36. The van der Waals surface area contributed by atoms with Gasteiger partial charge in [-0.3, -0.25) is 9.59 Å². The van der Waals surface area contributed by atoms with E-state index in [0.717, 1.165) is 11.1 Å². The number of hydrogen-bond donors (Lipinski definition) is 1. The Bertz CT molecular complexity index is 1220. The lowest BCUT2D eigenvalue weighted by molar-refractivity contribution is -0.120. The quantitative estimate of drug-likeness (QED) is 0.551. The van der Waals surface area contributed by atoms with Crippen LogP contribution in [0.1, 0.15) is 16.7 Å². The minimum atomic E-state index is -0.437. The topological polar surface area (TPSA) is 58.6 Å². The highest BCUT2D eigenvalue weighted by atomic mass is 35.5. The highest BCUT2D eigenvalue weighted by Crippen LogP contribution is 2.36. The second-order valence-electron chi connectivity index (χ2n) is 7.30. The molecule has 6 heteroatoms. The Balaban J connectivity index is 1.84. The zero-order chi connectivity index (χ0) is 22.1. The first-order chi connectivity index (χ1) is 14.9. The molecule has 0 aliphatic carbocycles. The molecule has 0 spiro atoms. The summed E-state index contributed by atoms with van der Waals surface area (Å²) in [5.74, 6) is -0.278. The molecule has 0 atom stereocenters. The van der Waals surface area contributed by atoms with Gasteiger partial charge in [0, 0.05) is 16.8 Å². The molecule has 3 aromatic rings. The van der Waals surface area contributed by atoms with Gasteiger partial charge in [0.05, 0.1) is 18.4 Å². The summed E-state index contributed by atoms with van der Waals surface area (Å²) in [6.07, 6.45) is 0. The fraction of sp³-hybridized carbons (Fsp3) is 0.120. The summed E-state index contributed by atoms with van der Waals surface area (Å²) in [6, 6.07) is 19.8. The number of anilines is 2. The number of nitrogens with one attached hydrogen (secondary N) is 1. The maximum absolute atomic E-state index is 13.5. The number of aryl methyl sites for hydroxylation is 1. The van der Waals surface area contributed by atoms with Crippen molar-refractivity contribution in [1.29, 1.82) is 0 Å². The van der Waals surface area contributed by atoms with Crippen LogP contribution in [0.25, 0.3) is 5.57 Å². The van der Waals surface area contributed by atoms with E-state index in [4.69, 9.17) is 16.3 Å². The Kier molecular flexibility index (Phi) is 5.53. The fourth-order valence-electron chi connectivity index (χ4n) is 3.50. The minimum absolute atomic E-state index is 0.210. The van der Waals surface area contributed by atoms with Crippen LogP contribution >= 0.6 is 11.6 Å². The van der Waals surface area contributed by atoms with Crippen molar-refractivity contribution in [2.75, 3.05) is 17.3 Å². The van der Waals surface area contributed by atoms with E-state index in [1.807, 2.05) is 44.2 Å². The lowest BCUT2D eigenvalue weighted by atomic mass is 10.0. The van der Waals surface area contributed by atoms with Gasteiger partial charge in [0.25, 0.3) is 11.8 Å². The van der Waals surface area contributed by atoms with E-state index in [-0.39, 0.29) is 5.70 Å². The van der Waals surface area contributed by atoms with Crippen LogP contribution < -0.4 is 15.0 Å². The number of carbonyl (C=O) groups is 2. The third-order valence-corrected chi connectivity index (χ3v) is 5.67. The Morgan fingerprint density at radius 1 is 0.903 bits per heavy atom. The molecule has 0 saturated heterocycles. The van der Waals surface area contributed by atoms with Gasteiger partial charge in [0.15, 0.2) is 0 Å². The van der Waals surface area contributed by atoms with Gasteiger partial charge in [-0.2, -0.15) is 0 Å². The molecule has 1 heterocycles. The van der Waals surface area contributed by atoms with E-state index in [1.54, 1.807) is 36.4 Å². The maximum Gasteiger partial charge on any atom is 0.282 e. The van der Waals surface area contributed by atoms with Crippen molar-refractivity contribution in [3.8, 4) is 5.75 Å². The average molecular weight is 433 g/mol. The molecule has 3 aromatic carbocycles. The van der Waals surface area contributed by atoms with E-state index in [2.05, 4.69) is 5.32 Å². The molecule has 0 aromatic heterocycles. The lowest BCUT2D eigenvalue weighted by Gasteiger charge is -2.16. The van der Waals surface area contributed by atoms with Crippen LogP contribution in [-0.2, 0) is 9.59 Å². The molecule has 156 valence electrons. The van der Waals surface area contributed by atoms with Crippen LogP contribution in [0.2, 0.25) is 5.02 Å². The van der Waals surface area contributed by atoms with Crippen molar-refractivity contribution >= 4 is 40.4 Å². The first-order valence-corrected chi connectivity index (χ1v) is 10.1. The molecule has 4 rings (SSSR count). The molecule has 0 saturated carbocycles. The predicted molar refractivity (Wildman–Crippen MR) is 123 cm³/mol. The number of carbonyl (C=O) groups excluding carboxylic acids is 2. The van der Waals surface area contributed by atoms with Crippen LogP contribution in [0.3, 0.4) is 0 Å². The summed E-state index contributed by atoms with van der Waals surface area (Å²) < 4.78 is 5.27. The van der Waals surface area contributed by atoms with Crippen molar-refractivity contribution in [3.05, 3.63) is 94.1 Å². The summed E-state index contributed by atoms with van der Waals surface area (Å²) in [5.41, 5.74) is 4.15. The number of halogens is 1. The molecular formula is C25H21ClN2O3. The number of amides is 2. The second-order valence-corrected chi connectivity index (χ2v) is 7.71. The van der Waals surface area contributed by atoms with Crippen molar-refractivity contribution in [1.82, 2.24) is 0 Å². The molecule has 1 aliphatic heterocycles. The summed E-state index contributed by atoms with van der Waals surface area (Å²) >= 11 is 6.26. The third kappa shape index (κ3) is 3.80. The van der Waals surface area contributed by atoms with Crippen LogP contribution in [-0.4, -0.2) is 18.9 Å². The van der Waals surface area contributed by atoms with Crippen molar-refractivity contribution in [2.45, 2.75) is 13.8 Å². The molecule has 0 radical (unpaired) electrons. The van der Waals surface area contributed by atoms with Gasteiger partial charge in [0.1, 0.15) is 11.4 Å². The fourth-order valence-corrected chi connectivity index (χ4v) is 3.67. The largest absolute Gasteiger partial charge is 0.497 e. The number of rotatable bonds is 5. The van der Waals surface area contributed by atoms with Gasteiger partial charge in [-0.25, -0.2) is 4.90 Å². The Morgan fingerprint density at radius 2 is 1.61 bits per heavy atom. The number of ether oxygens (including phenoxy) is 1. The molecule has 1 N–H and O–H groups in total. The van der Waals surface area contributed by atoms with E-state index in [9.17, 15) is 9.59 Å². The van der Waals surface area contributed by atoms with Crippen LogP contribution in [0, 0.1) is 13.8 Å². The average Bonchev–Trinajstić information content (AvgIpc) is 3.01. The Labute approximate surface area is 185 Å². The van der Waals surface area contributed by atoms with Crippen LogP contribution in [0.15, 0.2) is 72.4 Å². The van der Waals surface area contributed by atoms with Crippen molar-refractivity contribution in [3.63, 3.8) is 0 Å². The first kappa shape index (κ1) is 20.7. The van der Waals surface area contributed by atoms with Crippen molar-refractivity contribution in [2.24, 2.45) is 0 Å². The van der Waals surface area contributed by atoms with E-state index >= 15 is 0 Å². The first-order valence-electron chi connectivity index (χ1n) is 9.77. The normalized spacial score (nSPS) is 13.7.